The van der Waals surface area contributed by atoms with Gasteiger partial charge in [-0.25, -0.2) is 9.97 Å². The maximum atomic E-state index is 10.9. The van der Waals surface area contributed by atoms with Crippen molar-refractivity contribution in [3.05, 3.63) is 54.6 Å². The predicted molar refractivity (Wildman–Crippen MR) is 94.0 cm³/mol. The Kier molecular flexibility index (Phi) is 3.93. The summed E-state index contributed by atoms with van der Waals surface area (Å²) in [7, 11) is -2.54. The van der Waals surface area contributed by atoms with Crippen LogP contribution in [0.1, 0.15) is 5.56 Å². The molecule has 0 amide bonds. The molecule has 0 spiro atoms. The number of furan rings is 1. The van der Waals surface area contributed by atoms with Crippen molar-refractivity contribution in [3.8, 4) is 11.5 Å². The largest absolute Gasteiger partial charge is 0.463 e. The third-order valence-corrected chi connectivity index (χ3v) is 4.09. The van der Waals surface area contributed by atoms with Crippen molar-refractivity contribution in [2.45, 2.75) is 6.54 Å². The van der Waals surface area contributed by atoms with Crippen molar-refractivity contribution in [2.24, 2.45) is 4.36 Å². The maximum absolute atomic E-state index is 10.9. The Balaban J connectivity index is 1.84. The molecule has 0 atom stereocenters. The molecule has 0 saturated heterocycles. The molecule has 10 heteroatoms. The fourth-order valence-electron chi connectivity index (χ4n) is 2.66. The minimum absolute atomic E-state index is 0.0873. The van der Waals surface area contributed by atoms with Gasteiger partial charge in [-0.05, 0) is 23.8 Å². The van der Waals surface area contributed by atoms with Gasteiger partial charge in [0.05, 0.1) is 24.8 Å². The summed E-state index contributed by atoms with van der Waals surface area (Å²) >= 11 is 0. The first-order valence-corrected chi connectivity index (χ1v) is 8.56. The molecule has 0 fully saturated rings. The predicted octanol–water partition coefficient (Wildman–Crippen LogP) is 2.41. The van der Waals surface area contributed by atoms with E-state index in [-0.39, 0.29) is 5.95 Å². The van der Waals surface area contributed by atoms with E-state index >= 15 is 0 Å². The van der Waals surface area contributed by atoms with Gasteiger partial charge in [0.2, 0.25) is 5.95 Å². The first kappa shape index (κ1) is 16.0. The molecule has 4 rings (SSSR count). The smallest absolute Gasteiger partial charge is 0.316 e. The highest BCUT2D eigenvalue weighted by molar-refractivity contribution is 7.61. The van der Waals surface area contributed by atoms with E-state index in [1.165, 1.54) is 6.26 Å². The molecule has 1 aromatic carbocycles. The van der Waals surface area contributed by atoms with Crippen LogP contribution in [0.2, 0.25) is 0 Å². The van der Waals surface area contributed by atoms with E-state index < -0.39 is 10.5 Å². The summed E-state index contributed by atoms with van der Waals surface area (Å²) in [4.78, 5) is 12.9. The van der Waals surface area contributed by atoms with E-state index in [1.807, 2.05) is 0 Å². The van der Waals surface area contributed by atoms with Crippen LogP contribution >= 0.6 is 0 Å². The van der Waals surface area contributed by atoms with Crippen molar-refractivity contribution in [1.29, 1.82) is 0 Å². The van der Waals surface area contributed by atoms with Crippen LogP contribution in [0.15, 0.2) is 57.8 Å². The number of aromatic nitrogens is 4. The van der Waals surface area contributed by atoms with Crippen LogP contribution in [0.3, 0.4) is 0 Å². The highest BCUT2D eigenvalue weighted by Gasteiger charge is 2.16. The lowest BCUT2D eigenvalue weighted by molar-refractivity contribution is 0.580. The van der Waals surface area contributed by atoms with Gasteiger partial charge in [-0.3, -0.25) is 0 Å². The van der Waals surface area contributed by atoms with Crippen LogP contribution in [0.25, 0.3) is 22.6 Å². The minimum Gasteiger partial charge on any atom is -0.463 e. The minimum atomic E-state index is -2.54. The van der Waals surface area contributed by atoms with Crippen molar-refractivity contribution in [3.63, 3.8) is 0 Å². The van der Waals surface area contributed by atoms with Gasteiger partial charge in [-0.1, -0.05) is 18.2 Å². The molecule has 2 N–H and O–H groups in total. The summed E-state index contributed by atoms with van der Waals surface area (Å²) in [6.07, 6.45) is 3.13. The Morgan fingerprint density at radius 3 is 2.77 bits per heavy atom. The monoisotopic (exact) mass is 368 g/mol. The summed E-state index contributed by atoms with van der Waals surface area (Å²) in [6.45, 7) is 0.321. The average Bonchev–Trinajstić information content (AvgIpc) is 3.26. The zero-order chi connectivity index (χ0) is 18.1. The van der Waals surface area contributed by atoms with Gasteiger partial charge in [0.15, 0.2) is 11.4 Å². The van der Waals surface area contributed by atoms with E-state index in [0.717, 1.165) is 0 Å². The topological polar surface area (TPSA) is 129 Å². The van der Waals surface area contributed by atoms with E-state index in [4.69, 9.17) is 10.2 Å². The molecule has 130 valence electrons. The molecule has 3 heterocycles. The number of rotatable bonds is 4. The fourth-order valence-corrected chi connectivity index (χ4v) is 3.00. The second kappa shape index (κ2) is 6.41. The van der Waals surface area contributed by atoms with Gasteiger partial charge in [0, 0.05) is 0 Å². The van der Waals surface area contributed by atoms with Crippen LogP contribution < -0.4 is 5.73 Å². The van der Waals surface area contributed by atoms with Gasteiger partial charge in [-0.15, -0.1) is 4.36 Å². The zero-order valence-corrected chi connectivity index (χ0v) is 14.1. The number of nitrogens with zero attached hydrogens (tertiary/aromatic N) is 5. The third-order valence-electron chi connectivity index (χ3n) is 3.74. The molecule has 0 aliphatic heterocycles. The number of fused-ring (bicyclic) bond motifs is 1. The summed E-state index contributed by atoms with van der Waals surface area (Å²) < 4.78 is 32.6. The first-order chi connectivity index (χ1) is 12.6. The molecule has 9 nitrogen and oxygen atoms in total. The number of hydrogen-bond acceptors (Lipinski definition) is 8. The van der Waals surface area contributed by atoms with Crippen molar-refractivity contribution in [2.75, 3.05) is 5.73 Å². The van der Waals surface area contributed by atoms with Crippen LogP contribution in [0, 0.1) is 0 Å². The molecule has 0 aliphatic carbocycles. The Morgan fingerprint density at radius 1 is 1.15 bits per heavy atom. The molecule has 4 aromatic rings. The SMILES string of the molecule is Nc1nc(-c2ccco2)c2ncn(Cc3ccccc3N=S(=O)=O)c2n1. The number of imidazole rings is 1. The normalized spacial score (nSPS) is 10.9. The Bertz CT molecular complexity index is 1220. The average molecular weight is 368 g/mol. The second-order valence-electron chi connectivity index (χ2n) is 5.39. The second-order valence-corrected chi connectivity index (χ2v) is 6.01. The number of nitrogens with two attached hydrogens (primary N) is 1. The molecule has 0 unspecified atom stereocenters. The lowest BCUT2D eigenvalue weighted by atomic mass is 10.2. The summed E-state index contributed by atoms with van der Waals surface area (Å²) in [5, 5.41) is 0. The van der Waals surface area contributed by atoms with Gasteiger partial charge in [0.25, 0.3) is 0 Å². The highest BCUT2D eigenvalue weighted by Crippen LogP contribution is 2.27. The highest BCUT2D eigenvalue weighted by atomic mass is 32.2. The number of benzene rings is 1. The van der Waals surface area contributed by atoms with Crippen LogP contribution in [0.5, 0.6) is 0 Å². The van der Waals surface area contributed by atoms with Crippen molar-refractivity contribution in [1.82, 2.24) is 19.5 Å². The Hall–Kier alpha value is -3.53. The molecule has 0 bridgehead atoms. The lowest BCUT2D eigenvalue weighted by Gasteiger charge is -2.07. The molecular weight excluding hydrogens is 356 g/mol. The van der Waals surface area contributed by atoms with Gasteiger partial charge < -0.3 is 14.7 Å². The van der Waals surface area contributed by atoms with Gasteiger partial charge >= 0.3 is 10.5 Å². The number of nitrogen functional groups attached to an aromatic ring is 1. The van der Waals surface area contributed by atoms with Crippen LogP contribution in [-0.2, 0) is 17.0 Å². The lowest BCUT2D eigenvalue weighted by Crippen LogP contribution is -2.03. The molecule has 3 aromatic heterocycles. The molecule has 0 saturated carbocycles. The first-order valence-electron chi connectivity index (χ1n) is 7.53. The number of anilines is 1. The fraction of sp³-hybridized carbons (Fsp3) is 0.0625. The van der Waals surface area contributed by atoms with Crippen LogP contribution in [0.4, 0.5) is 11.6 Å². The van der Waals surface area contributed by atoms with E-state index in [9.17, 15) is 8.42 Å². The molecule has 0 aliphatic rings. The van der Waals surface area contributed by atoms with E-state index in [2.05, 4.69) is 19.3 Å². The maximum Gasteiger partial charge on any atom is 0.316 e. The zero-order valence-electron chi connectivity index (χ0n) is 13.3. The summed E-state index contributed by atoms with van der Waals surface area (Å²) in [5.74, 6) is 0.621. The van der Waals surface area contributed by atoms with Gasteiger partial charge in [-0.2, -0.15) is 13.4 Å². The van der Waals surface area contributed by atoms with Crippen LogP contribution in [-0.4, -0.2) is 27.9 Å². The van der Waals surface area contributed by atoms with E-state index in [1.54, 1.807) is 47.3 Å². The number of hydrogen-bond donors (Lipinski definition) is 1. The molecule has 0 radical (unpaired) electrons. The summed E-state index contributed by atoms with van der Waals surface area (Å²) in [5.41, 5.74) is 8.45. The van der Waals surface area contributed by atoms with E-state index in [0.29, 0.717) is 40.4 Å². The molecule has 26 heavy (non-hydrogen) atoms. The standard InChI is InChI=1S/C16H12N6O3S/c17-16-19-13(12-6-3-7-25-12)14-15(20-16)22(9-18-14)8-10-4-1-2-5-11(10)21-26(23)24/h1-7,9H,8H2,(H2,17,19,20). The van der Waals surface area contributed by atoms with Crippen molar-refractivity contribution < 1.29 is 12.8 Å². The summed E-state index contributed by atoms with van der Waals surface area (Å²) in [6, 6.07) is 10.4. The third kappa shape index (κ3) is 2.93. The van der Waals surface area contributed by atoms with Crippen molar-refractivity contribution >= 4 is 33.3 Å². The Labute approximate surface area is 148 Å². The van der Waals surface area contributed by atoms with Gasteiger partial charge in [0.1, 0.15) is 11.2 Å². The Morgan fingerprint density at radius 2 is 2.00 bits per heavy atom. The molecular formula is C16H12N6O3S. The quantitative estimate of drug-likeness (QED) is 0.585.